The molecule has 1 heterocycles. The van der Waals surface area contributed by atoms with E-state index < -0.39 is 18.9 Å². The second-order valence-electron chi connectivity index (χ2n) is 4.58. The Hall–Kier alpha value is -2.15. The maximum Gasteiger partial charge on any atom is 0.488 e. The number of carbonyl (C=O) groups excluding carboxylic acids is 2. The Morgan fingerprint density at radius 2 is 1.52 bits per heavy atom. The van der Waals surface area contributed by atoms with Gasteiger partial charge in [-0.1, -0.05) is 29.8 Å². The highest BCUT2D eigenvalue weighted by Crippen LogP contribution is 2.32. The first-order valence-electron chi connectivity index (χ1n) is 6.14. The van der Waals surface area contributed by atoms with Gasteiger partial charge in [-0.15, -0.1) is 0 Å². The second kappa shape index (κ2) is 5.00. The van der Waals surface area contributed by atoms with E-state index in [0.29, 0.717) is 11.1 Å². The molecule has 1 aliphatic heterocycles. The van der Waals surface area contributed by atoms with E-state index in [1.54, 1.807) is 24.3 Å². The number of anilines is 1. The van der Waals surface area contributed by atoms with Gasteiger partial charge in [0.05, 0.1) is 21.8 Å². The number of hydrogen-bond acceptors (Lipinski definition) is 4. The molecule has 2 aromatic carbocycles. The van der Waals surface area contributed by atoms with E-state index >= 15 is 0 Å². The van der Waals surface area contributed by atoms with Gasteiger partial charge >= 0.3 is 7.12 Å². The number of hydrogen-bond donors (Lipinski definition) is 2. The summed E-state index contributed by atoms with van der Waals surface area (Å²) in [6.07, 6.45) is 0. The lowest BCUT2D eigenvalue weighted by molar-refractivity contribution is 0.0926. The van der Waals surface area contributed by atoms with Crippen molar-refractivity contribution in [2.45, 2.75) is 0 Å². The van der Waals surface area contributed by atoms with E-state index in [1.165, 1.54) is 18.2 Å². The molecular weight excluding hydrogens is 292 g/mol. The van der Waals surface area contributed by atoms with E-state index in [4.69, 9.17) is 11.6 Å². The van der Waals surface area contributed by atoms with Crippen molar-refractivity contribution in [3.05, 3.63) is 58.6 Å². The Morgan fingerprint density at radius 1 is 0.952 bits per heavy atom. The second-order valence-corrected chi connectivity index (χ2v) is 4.98. The highest BCUT2D eigenvalue weighted by Gasteiger charge is 2.37. The number of carbonyl (C=O) groups is 2. The Kier molecular flexibility index (Phi) is 3.29. The zero-order chi connectivity index (χ0) is 15.1. The summed E-state index contributed by atoms with van der Waals surface area (Å²) in [5.74, 6) is -0.968. The third kappa shape index (κ3) is 2.13. The summed E-state index contributed by atoms with van der Waals surface area (Å²) in [6, 6.07) is 10.6. The fourth-order valence-corrected chi connectivity index (χ4v) is 2.47. The van der Waals surface area contributed by atoms with Crippen molar-refractivity contribution in [2.24, 2.45) is 0 Å². The molecular formula is C14H9BClNO4. The van der Waals surface area contributed by atoms with Gasteiger partial charge in [0, 0.05) is 0 Å². The number of benzene rings is 2. The maximum absolute atomic E-state index is 12.4. The molecule has 0 saturated carbocycles. The van der Waals surface area contributed by atoms with Gasteiger partial charge in [-0.05, 0) is 29.7 Å². The van der Waals surface area contributed by atoms with Gasteiger partial charge in [0.1, 0.15) is 0 Å². The zero-order valence-corrected chi connectivity index (χ0v) is 11.4. The summed E-state index contributed by atoms with van der Waals surface area (Å²) in [7, 11) is -1.71. The topological polar surface area (TPSA) is 77.8 Å². The summed E-state index contributed by atoms with van der Waals surface area (Å²) in [5, 5.41) is 18.6. The number of imide groups is 1. The first kappa shape index (κ1) is 13.8. The van der Waals surface area contributed by atoms with E-state index in [2.05, 4.69) is 0 Å². The van der Waals surface area contributed by atoms with Crippen LogP contribution in [0.2, 0.25) is 5.02 Å². The van der Waals surface area contributed by atoms with Crippen LogP contribution >= 0.6 is 11.6 Å². The predicted octanol–water partition coefficient (Wildman–Crippen LogP) is 0.820. The van der Waals surface area contributed by atoms with Gasteiger partial charge < -0.3 is 10.0 Å². The van der Waals surface area contributed by atoms with Crippen LogP contribution in [-0.2, 0) is 0 Å². The molecule has 2 aromatic rings. The van der Waals surface area contributed by atoms with Crippen molar-refractivity contribution in [3.63, 3.8) is 0 Å². The van der Waals surface area contributed by atoms with Crippen molar-refractivity contribution < 1.29 is 19.6 Å². The Morgan fingerprint density at radius 3 is 2.05 bits per heavy atom. The predicted molar refractivity (Wildman–Crippen MR) is 78.9 cm³/mol. The molecule has 7 heteroatoms. The highest BCUT2D eigenvalue weighted by molar-refractivity contribution is 6.59. The van der Waals surface area contributed by atoms with Crippen LogP contribution in [0.15, 0.2) is 42.5 Å². The van der Waals surface area contributed by atoms with Crippen molar-refractivity contribution in [3.8, 4) is 0 Å². The lowest BCUT2D eigenvalue weighted by Gasteiger charge is -2.16. The van der Waals surface area contributed by atoms with Crippen LogP contribution < -0.4 is 10.4 Å². The normalized spacial score (nSPS) is 13.6. The minimum Gasteiger partial charge on any atom is -0.423 e. The van der Waals surface area contributed by atoms with E-state index in [1.807, 2.05) is 0 Å². The van der Waals surface area contributed by atoms with Crippen LogP contribution in [0, 0.1) is 0 Å². The molecule has 104 valence electrons. The van der Waals surface area contributed by atoms with Crippen molar-refractivity contribution in [1.29, 1.82) is 0 Å². The van der Waals surface area contributed by atoms with Crippen molar-refractivity contribution in [1.82, 2.24) is 0 Å². The lowest BCUT2D eigenvalue weighted by atomic mass is 9.80. The van der Waals surface area contributed by atoms with E-state index in [0.717, 1.165) is 4.90 Å². The van der Waals surface area contributed by atoms with Crippen LogP contribution in [0.5, 0.6) is 0 Å². The van der Waals surface area contributed by atoms with Gasteiger partial charge in [-0.25, -0.2) is 4.90 Å². The average Bonchev–Trinajstić information content (AvgIpc) is 2.72. The van der Waals surface area contributed by atoms with Crippen LogP contribution in [0.3, 0.4) is 0 Å². The van der Waals surface area contributed by atoms with Crippen LogP contribution in [0.1, 0.15) is 20.7 Å². The van der Waals surface area contributed by atoms with Crippen molar-refractivity contribution in [2.75, 3.05) is 4.90 Å². The summed E-state index contributed by atoms with van der Waals surface area (Å²) >= 11 is 6.05. The molecule has 3 rings (SSSR count). The monoisotopic (exact) mass is 301 g/mol. The summed E-state index contributed by atoms with van der Waals surface area (Å²) < 4.78 is 0. The van der Waals surface area contributed by atoms with Gasteiger partial charge in [-0.2, -0.15) is 0 Å². The molecule has 5 nitrogen and oxygen atoms in total. The largest absolute Gasteiger partial charge is 0.488 e. The van der Waals surface area contributed by atoms with Gasteiger partial charge in [0.2, 0.25) is 0 Å². The highest BCUT2D eigenvalue weighted by atomic mass is 35.5. The summed E-state index contributed by atoms with van der Waals surface area (Å²) in [5.41, 5.74) is 0.876. The number of rotatable bonds is 2. The molecule has 0 bridgehead atoms. The van der Waals surface area contributed by atoms with Crippen LogP contribution in [0.25, 0.3) is 0 Å². The molecule has 2 amide bonds. The molecule has 21 heavy (non-hydrogen) atoms. The summed E-state index contributed by atoms with van der Waals surface area (Å²) in [4.78, 5) is 25.7. The fourth-order valence-electron chi connectivity index (χ4n) is 2.27. The zero-order valence-electron chi connectivity index (χ0n) is 10.7. The minimum absolute atomic E-state index is 0.133. The number of nitrogens with zero attached hydrogens (tertiary/aromatic N) is 1. The van der Waals surface area contributed by atoms with Gasteiger partial charge in [0.15, 0.2) is 0 Å². The Balaban J connectivity index is 2.13. The Bertz CT molecular complexity index is 727. The average molecular weight is 301 g/mol. The number of amides is 2. The quantitative estimate of drug-likeness (QED) is 0.636. The first-order chi connectivity index (χ1) is 10.0. The van der Waals surface area contributed by atoms with Crippen LogP contribution in [-0.4, -0.2) is 29.0 Å². The Labute approximate surface area is 125 Å². The molecule has 0 spiro atoms. The molecule has 0 atom stereocenters. The molecule has 0 aromatic heterocycles. The molecule has 0 aliphatic carbocycles. The fraction of sp³-hybridized carbons (Fsp3) is 0. The standard InChI is InChI=1S/C14H9BClNO4/c16-11-6-5-8(15(20)21)7-12(11)17-13(18)9-3-1-2-4-10(9)14(17)19/h1-7,20-21H. The molecule has 1 aliphatic rings. The van der Waals surface area contributed by atoms with E-state index in [-0.39, 0.29) is 16.2 Å². The number of fused-ring (bicyclic) bond motifs is 1. The lowest BCUT2D eigenvalue weighted by Crippen LogP contribution is -2.34. The molecule has 0 unspecified atom stereocenters. The first-order valence-corrected chi connectivity index (χ1v) is 6.52. The van der Waals surface area contributed by atoms with Crippen LogP contribution in [0.4, 0.5) is 5.69 Å². The molecule has 2 N–H and O–H groups in total. The van der Waals surface area contributed by atoms with Gasteiger partial charge in [0.25, 0.3) is 11.8 Å². The SMILES string of the molecule is O=C1c2ccccc2C(=O)N1c1cc(B(O)O)ccc1Cl. The third-order valence-corrected chi connectivity index (χ3v) is 3.62. The summed E-state index contributed by atoms with van der Waals surface area (Å²) in [6.45, 7) is 0. The molecule has 0 fully saturated rings. The van der Waals surface area contributed by atoms with E-state index in [9.17, 15) is 19.6 Å². The molecule has 0 radical (unpaired) electrons. The molecule has 0 saturated heterocycles. The maximum atomic E-state index is 12.4. The van der Waals surface area contributed by atoms with Gasteiger partial charge in [-0.3, -0.25) is 9.59 Å². The third-order valence-electron chi connectivity index (χ3n) is 3.30. The van der Waals surface area contributed by atoms with Crippen molar-refractivity contribution >= 4 is 41.7 Å². The minimum atomic E-state index is -1.71. The number of halogens is 1. The smallest absolute Gasteiger partial charge is 0.423 e.